The third kappa shape index (κ3) is 6.05. The zero-order valence-corrected chi connectivity index (χ0v) is 13.8. The second-order valence-electron chi connectivity index (χ2n) is 6.31. The van der Waals surface area contributed by atoms with Crippen LogP contribution < -0.4 is 0 Å². The molecular weight excluding hydrogens is 278 g/mol. The number of hydrogen-bond acceptors (Lipinski definition) is 4. The average molecular weight is 307 g/mol. The Morgan fingerprint density at radius 3 is 2.55 bits per heavy atom. The molecule has 1 aromatic carbocycles. The third-order valence-corrected chi connectivity index (χ3v) is 4.10. The smallest absolute Gasteiger partial charge is 0.0900 e. The molecule has 124 valence electrons. The predicted molar refractivity (Wildman–Crippen MR) is 87.8 cm³/mol. The van der Waals surface area contributed by atoms with Crippen molar-refractivity contribution in [1.29, 1.82) is 0 Å². The van der Waals surface area contributed by atoms with Gasteiger partial charge in [-0.3, -0.25) is 4.90 Å². The van der Waals surface area contributed by atoms with Crippen LogP contribution in [0.1, 0.15) is 32.3 Å². The first-order valence-corrected chi connectivity index (χ1v) is 8.30. The van der Waals surface area contributed by atoms with E-state index in [-0.39, 0.29) is 6.10 Å². The lowest BCUT2D eigenvalue weighted by atomic mass is 10.1. The fourth-order valence-corrected chi connectivity index (χ4v) is 2.69. The molecule has 4 heteroatoms. The van der Waals surface area contributed by atoms with Gasteiger partial charge < -0.3 is 14.6 Å². The SMILES string of the molecule is CC(C)N(Cc1ccccc1)CC(O)COC1CCOCC1. The molecule has 1 heterocycles. The molecule has 1 aromatic rings. The summed E-state index contributed by atoms with van der Waals surface area (Å²) in [4.78, 5) is 2.29. The highest BCUT2D eigenvalue weighted by molar-refractivity contribution is 5.14. The maximum absolute atomic E-state index is 10.3. The molecule has 4 nitrogen and oxygen atoms in total. The molecule has 0 aromatic heterocycles. The van der Waals surface area contributed by atoms with Crippen LogP contribution in [-0.2, 0) is 16.0 Å². The number of nitrogens with zero attached hydrogens (tertiary/aromatic N) is 1. The molecule has 1 atom stereocenters. The number of benzene rings is 1. The Labute approximate surface area is 134 Å². The standard InChI is InChI=1S/C18H29NO3/c1-15(2)19(12-16-6-4-3-5-7-16)13-17(20)14-22-18-8-10-21-11-9-18/h3-7,15,17-18,20H,8-14H2,1-2H3. The Bertz CT molecular complexity index is 404. The molecule has 1 fully saturated rings. The van der Waals surface area contributed by atoms with Crippen LogP contribution in [0.15, 0.2) is 30.3 Å². The summed E-state index contributed by atoms with van der Waals surface area (Å²) in [6, 6.07) is 10.8. The first-order chi connectivity index (χ1) is 10.6. The van der Waals surface area contributed by atoms with E-state index < -0.39 is 6.10 Å². The lowest BCUT2D eigenvalue weighted by molar-refractivity contribution is -0.0659. The zero-order chi connectivity index (χ0) is 15.8. The monoisotopic (exact) mass is 307 g/mol. The van der Waals surface area contributed by atoms with Crippen LogP contribution in [0.5, 0.6) is 0 Å². The number of rotatable bonds is 8. The van der Waals surface area contributed by atoms with Gasteiger partial charge in [0.15, 0.2) is 0 Å². The molecule has 0 radical (unpaired) electrons. The molecule has 0 bridgehead atoms. The summed E-state index contributed by atoms with van der Waals surface area (Å²) in [6.45, 7) is 7.76. The van der Waals surface area contributed by atoms with Gasteiger partial charge in [0.05, 0.1) is 18.8 Å². The van der Waals surface area contributed by atoms with E-state index in [9.17, 15) is 5.11 Å². The van der Waals surface area contributed by atoms with Crippen molar-refractivity contribution >= 4 is 0 Å². The van der Waals surface area contributed by atoms with Crippen molar-refractivity contribution in [2.45, 2.75) is 51.5 Å². The van der Waals surface area contributed by atoms with Crippen molar-refractivity contribution in [2.75, 3.05) is 26.4 Å². The highest BCUT2D eigenvalue weighted by atomic mass is 16.5. The van der Waals surface area contributed by atoms with Crippen molar-refractivity contribution in [3.8, 4) is 0 Å². The minimum atomic E-state index is -0.450. The van der Waals surface area contributed by atoms with E-state index in [0.29, 0.717) is 19.2 Å². The van der Waals surface area contributed by atoms with E-state index in [1.165, 1.54) is 5.56 Å². The minimum Gasteiger partial charge on any atom is -0.389 e. The summed E-state index contributed by atoms with van der Waals surface area (Å²) >= 11 is 0. The normalized spacial score (nSPS) is 18.0. The largest absolute Gasteiger partial charge is 0.389 e. The molecule has 22 heavy (non-hydrogen) atoms. The quantitative estimate of drug-likeness (QED) is 0.801. The summed E-state index contributed by atoms with van der Waals surface area (Å²) in [6.07, 6.45) is 1.66. The van der Waals surface area contributed by atoms with Gasteiger partial charge in [-0.1, -0.05) is 30.3 Å². The Morgan fingerprint density at radius 2 is 1.91 bits per heavy atom. The third-order valence-electron chi connectivity index (χ3n) is 4.10. The van der Waals surface area contributed by atoms with Gasteiger partial charge in [-0.05, 0) is 32.3 Å². The van der Waals surface area contributed by atoms with Crippen molar-refractivity contribution in [1.82, 2.24) is 4.90 Å². The van der Waals surface area contributed by atoms with Crippen LogP contribution in [-0.4, -0.2) is 54.6 Å². The summed E-state index contributed by atoms with van der Waals surface area (Å²) in [7, 11) is 0. The van der Waals surface area contributed by atoms with E-state index in [1.807, 2.05) is 6.07 Å². The highest BCUT2D eigenvalue weighted by Gasteiger charge is 2.19. The van der Waals surface area contributed by atoms with Crippen LogP contribution in [0.3, 0.4) is 0 Å². The Morgan fingerprint density at radius 1 is 1.23 bits per heavy atom. The molecule has 0 spiro atoms. The zero-order valence-electron chi connectivity index (χ0n) is 13.8. The van der Waals surface area contributed by atoms with Gasteiger partial charge in [0.2, 0.25) is 0 Å². The molecule has 2 rings (SSSR count). The van der Waals surface area contributed by atoms with Crippen molar-refractivity contribution in [2.24, 2.45) is 0 Å². The van der Waals surface area contributed by atoms with Crippen LogP contribution in [0, 0.1) is 0 Å². The number of hydrogen-bond donors (Lipinski definition) is 1. The Hall–Kier alpha value is -0.940. The predicted octanol–water partition coefficient (Wildman–Crippen LogP) is 2.45. The first kappa shape index (κ1) is 17.4. The Kier molecular flexibility index (Phi) is 7.33. The fraction of sp³-hybridized carbons (Fsp3) is 0.667. The number of aliphatic hydroxyl groups excluding tert-OH is 1. The topological polar surface area (TPSA) is 41.9 Å². The molecule has 1 unspecified atom stereocenters. The lowest BCUT2D eigenvalue weighted by Gasteiger charge is -2.30. The van der Waals surface area contributed by atoms with Crippen LogP contribution >= 0.6 is 0 Å². The van der Waals surface area contributed by atoms with Gasteiger partial charge in [0.1, 0.15) is 0 Å². The van der Waals surface area contributed by atoms with Crippen LogP contribution in [0.2, 0.25) is 0 Å². The first-order valence-electron chi connectivity index (χ1n) is 8.30. The van der Waals surface area contributed by atoms with E-state index in [4.69, 9.17) is 9.47 Å². The number of aliphatic hydroxyl groups is 1. The summed E-state index contributed by atoms with van der Waals surface area (Å²) in [5.74, 6) is 0. The minimum absolute atomic E-state index is 0.241. The summed E-state index contributed by atoms with van der Waals surface area (Å²) in [5.41, 5.74) is 1.27. The highest BCUT2D eigenvalue weighted by Crippen LogP contribution is 2.12. The van der Waals surface area contributed by atoms with Crippen LogP contribution in [0.4, 0.5) is 0 Å². The molecule has 1 aliphatic heterocycles. The maximum atomic E-state index is 10.3. The summed E-state index contributed by atoms with van der Waals surface area (Å²) in [5, 5.41) is 10.3. The molecule has 0 saturated carbocycles. The van der Waals surface area contributed by atoms with E-state index in [0.717, 1.165) is 32.6 Å². The van der Waals surface area contributed by atoms with Gasteiger partial charge in [0, 0.05) is 32.3 Å². The van der Waals surface area contributed by atoms with Gasteiger partial charge in [-0.25, -0.2) is 0 Å². The Balaban J connectivity index is 1.77. The van der Waals surface area contributed by atoms with Gasteiger partial charge >= 0.3 is 0 Å². The van der Waals surface area contributed by atoms with Crippen molar-refractivity contribution < 1.29 is 14.6 Å². The van der Waals surface area contributed by atoms with E-state index in [2.05, 4.69) is 43.0 Å². The fourth-order valence-electron chi connectivity index (χ4n) is 2.69. The van der Waals surface area contributed by atoms with Crippen molar-refractivity contribution in [3.05, 3.63) is 35.9 Å². The molecule has 0 aliphatic carbocycles. The van der Waals surface area contributed by atoms with Gasteiger partial charge in [-0.2, -0.15) is 0 Å². The second-order valence-corrected chi connectivity index (χ2v) is 6.31. The average Bonchev–Trinajstić information content (AvgIpc) is 2.54. The van der Waals surface area contributed by atoms with Crippen LogP contribution in [0.25, 0.3) is 0 Å². The summed E-state index contributed by atoms with van der Waals surface area (Å²) < 4.78 is 11.1. The lowest BCUT2D eigenvalue weighted by Crippen LogP contribution is -2.39. The molecule has 0 amide bonds. The maximum Gasteiger partial charge on any atom is 0.0900 e. The van der Waals surface area contributed by atoms with E-state index in [1.54, 1.807) is 0 Å². The van der Waals surface area contributed by atoms with E-state index >= 15 is 0 Å². The molecule has 1 saturated heterocycles. The number of ether oxygens (including phenoxy) is 2. The second kappa shape index (κ2) is 9.26. The molecular formula is C18H29NO3. The molecule has 1 aliphatic rings. The van der Waals surface area contributed by atoms with Gasteiger partial charge in [0.25, 0.3) is 0 Å². The molecule has 1 N–H and O–H groups in total. The van der Waals surface area contributed by atoms with Gasteiger partial charge in [-0.15, -0.1) is 0 Å². The van der Waals surface area contributed by atoms with Crippen molar-refractivity contribution in [3.63, 3.8) is 0 Å².